The number of amides is 2. The van der Waals surface area contributed by atoms with Gasteiger partial charge in [-0.05, 0) is 64.2 Å². The number of benzene rings is 2. The van der Waals surface area contributed by atoms with Crippen LogP contribution in [-0.2, 0) is 16.1 Å². The van der Waals surface area contributed by atoms with Crippen molar-refractivity contribution in [2.45, 2.75) is 6.54 Å². The number of para-hydroxylation sites is 1. The smallest absolute Gasteiger partial charge is 0.341 e. The molecular weight excluding hydrogens is 481 g/mol. The standard InChI is InChI=1S/C19H14INO5S/c20-14-7-5-12(6-8-14)10-21-18(24)16(27-19(21)25)9-13-3-1-2-4-15(13)26-11-17(22)23/h1-9H,10-11H2,(H,22,23)/b16-9+. The number of thioether (sulfide) groups is 1. The van der Waals surface area contributed by atoms with E-state index < -0.39 is 12.6 Å². The minimum Gasteiger partial charge on any atom is -0.481 e. The number of nitrogens with zero attached hydrogens (tertiary/aromatic N) is 1. The van der Waals surface area contributed by atoms with Gasteiger partial charge in [-0.15, -0.1) is 0 Å². The van der Waals surface area contributed by atoms with Crippen molar-refractivity contribution in [3.8, 4) is 5.75 Å². The maximum absolute atomic E-state index is 12.6. The molecule has 6 nitrogen and oxygen atoms in total. The molecule has 2 amide bonds. The fourth-order valence-corrected chi connectivity index (χ4v) is 3.61. The van der Waals surface area contributed by atoms with Crippen LogP contribution in [0.2, 0.25) is 0 Å². The third-order valence-electron chi connectivity index (χ3n) is 3.68. The molecule has 0 aliphatic carbocycles. The first-order valence-corrected chi connectivity index (χ1v) is 9.77. The fourth-order valence-electron chi connectivity index (χ4n) is 2.42. The lowest BCUT2D eigenvalue weighted by molar-refractivity contribution is -0.139. The molecule has 3 rings (SSSR count). The number of aliphatic carboxylic acids is 1. The predicted octanol–water partition coefficient (Wildman–Crippen LogP) is 3.99. The first kappa shape index (κ1) is 19.4. The molecule has 0 unspecified atom stereocenters. The van der Waals surface area contributed by atoms with Crippen molar-refractivity contribution in [2.24, 2.45) is 0 Å². The number of hydrogen-bond donors (Lipinski definition) is 1. The molecule has 1 N–H and O–H groups in total. The topological polar surface area (TPSA) is 83.9 Å². The number of carbonyl (C=O) groups excluding carboxylic acids is 2. The molecule has 138 valence electrons. The molecule has 8 heteroatoms. The first-order chi connectivity index (χ1) is 12.9. The zero-order valence-electron chi connectivity index (χ0n) is 13.9. The van der Waals surface area contributed by atoms with Crippen LogP contribution in [0.1, 0.15) is 11.1 Å². The first-order valence-electron chi connectivity index (χ1n) is 7.87. The van der Waals surface area contributed by atoms with Crippen LogP contribution in [0.15, 0.2) is 53.4 Å². The molecule has 2 aromatic rings. The highest BCUT2D eigenvalue weighted by molar-refractivity contribution is 14.1. The molecule has 0 atom stereocenters. The van der Waals surface area contributed by atoms with Crippen molar-refractivity contribution in [3.63, 3.8) is 0 Å². The second-order valence-electron chi connectivity index (χ2n) is 5.61. The van der Waals surface area contributed by atoms with Gasteiger partial charge in [-0.1, -0.05) is 30.3 Å². The Labute approximate surface area is 173 Å². The average molecular weight is 495 g/mol. The average Bonchev–Trinajstić information content (AvgIpc) is 2.90. The van der Waals surface area contributed by atoms with Gasteiger partial charge in [0.05, 0.1) is 11.4 Å². The molecule has 27 heavy (non-hydrogen) atoms. The van der Waals surface area contributed by atoms with Gasteiger partial charge in [0, 0.05) is 9.13 Å². The number of halogens is 1. The van der Waals surface area contributed by atoms with Crippen molar-refractivity contribution < 1.29 is 24.2 Å². The summed E-state index contributed by atoms with van der Waals surface area (Å²) in [5, 5.41) is 8.43. The Bertz CT molecular complexity index is 926. The van der Waals surface area contributed by atoms with Crippen LogP contribution in [0.3, 0.4) is 0 Å². The summed E-state index contributed by atoms with van der Waals surface area (Å²) in [6, 6.07) is 14.4. The molecule has 0 radical (unpaired) electrons. The van der Waals surface area contributed by atoms with Gasteiger partial charge in [-0.2, -0.15) is 0 Å². The molecule has 1 aliphatic heterocycles. The highest BCUT2D eigenvalue weighted by Gasteiger charge is 2.35. The number of rotatable bonds is 6. The van der Waals surface area contributed by atoms with Gasteiger partial charge in [-0.25, -0.2) is 4.79 Å². The minimum absolute atomic E-state index is 0.204. The van der Waals surface area contributed by atoms with Gasteiger partial charge in [0.25, 0.3) is 11.1 Å². The lowest BCUT2D eigenvalue weighted by Gasteiger charge is -2.12. The van der Waals surface area contributed by atoms with Gasteiger partial charge in [0.2, 0.25) is 0 Å². The number of carboxylic acids is 1. The monoisotopic (exact) mass is 495 g/mol. The molecule has 2 aromatic carbocycles. The zero-order chi connectivity index (χ0) is 19.4. The molecule has 1 saturated heterocycles. The summed E-state index contributed by atoms with van der Waals surface area (Å²) >= 11 is 3.05. The van der Waals surface area contributed by atoms with Crippen molar-refractivity contribution in [1.29, 1.82) is 0 Å². The van der Waals surface area contributed by atoms with Crippen LogP contribution in [0.4, 0.5) is 4.79 Å². The Balaban J connectivity index is 1.80. The summed E-state index contributed by atoms with van der Waals surface area (Å²) < 4.78 is 6.31. The minimum atomic E-state index is -1.09. The SMILES string of the molecule is O=C(O)COc1ccccc1/C=C1/SC(=O)N(Cc2ccc(I)cc2)C1=O. The van der Waals surface area contributed by atoms with E-state index in [0.29, 0.717) is 11.3 Å². The summed E-state index contributed by atoms with van der Waals surface area (Å²) in [7, 11) is 0. The molecule has 0 saturated carbocycles. The van der Waals surface area contributed by atoms with Crippen LogP contribution < -0.4 is 4.74 Å². The fraction of sp³-hybridized carbons (Fsp3) is 0.105. The third-order valence-corrected chi connectivity index (χ3v) is 5.31. The Kier molecular flexibility index (Phi) is 6.17. The normalized spacial score (nSPS) is 15.4. The van der Waals surface area contributed by atoms with E-state index in [1.54, 1.807) is 30.3 Å². The second kappa shape index (κ2) is 8.57. The molecular formula is C19H14INO5S. The third kappa shape index (κ3) is 4.89. The maximum atomic E-state index is 12.6. The Morgan fingerprint density at radius 3 is 2.56 bits per heavy atom. The summed E-state index contributed by atoms with van der Waals surface area (Å²) in [5.41, 5.74) is 1.41. The van der Waals surface area contributed by atoms with E-state index in [-0.39, 0.29) is 22.6 Å². The summed E-state index contributed by atoms with van der Waals surface area (Å²) in [5.74, 6) is -1.14. The van der Waals surface area contributed by atoms with Gasteiger partial charge < -0.3 is 9.84 Å². The maximum Gasteiger partial charge on any atom is 0.341 e. The van der Waals surface area contributed by atoms with E-state index in [0.717, 1.165) is 20.9 Å². The van der Waals surface area contributed by atoms with Gasteiger partial charge in [-0.3, -0.25) is 14.5 Å². The van der Waals surface area contributed by atoms with E-state index in [9.17, 15) is 14.4 Å². The number of ether oxygens (including phenoxy) is 1. The lowest BCUT2D eigenvalue weighted by Crippen LogP contribution is -2.27. The van der Waals surface area contributed by atoms with Gasteiger partial charge in [0.1, 0.15) is 5.75 Å². The Morgan fingerprint density at radius 2 is 1.85 bits per heavy atom. The van der Waals surface area contributed by atoms with Crippen LogP contribution in [0, 0.1) is 3.57 Å². The van der Waals surface area contributed by atoms with Crippen LogP contribution >= 0.6 is 34.4 Å². The highest BCUT2D eigenvalue weighted by atomic mass is 127. The quantitative estimate of drug-likeness (QED) is 0.482. The Morgan fingerprint density at radius 1 is 1.15 bits per heavy atom. The van der Waals surface area contributed by atoms with Gasteiger partial charge in [0.15, 0.2) is 6.61 Å². The van der Waals surface area contributed by atoms with Crippen molar-refractivity contribution in [3.05, 3.63) is 68.1 Å². The largest absolute Gasteiger partial charge is 0.481 e. The molecule has 1 heterocycles. The van der Waals surface area contributed by atoms with Crippen LogP contribution in [0.5, 0.6) is 5.75 Å². The van der Waals surface area contributed by atoms with Crippen molar-refractivity contribution >= 4 is 57.5 Å². The molecule has 1 fully saturated rings. The molecule has 0 aromatic heterocycles. The molecule has 0 spiro atoms. The number of carboxylic acid groups (broad SMARTS) is 1. The molecule has 1 aliphatic rings. The second-order valence-corrected chi connectivity index (χ2v) is 7.85. The highest BCUT2D eigenvalue weighted by Crippen LogP contribution is 2.34. The van der Waals surface area contributed by atoms with E-state index >= 15 is 0 Å². The zero-order valence-corrected chi connectivity index (χ0v) is 16.9. The number of hydrogen-bond acceptors (Lipinski definition) is 5. The van der Waals surface area contributed by atoms with Crippen LogP contribution in [-0.4, -0.2) is 33.7 Å². The summed E-state index contributed by atoms with van der Waals surface area (Å²) in [6.45, 7) is -0.283. The Hall–Kier alpha value is -2.33. The van der Waals surface area contributed by atoms with Gasteiger partial charge >= 0.3 is 5.97 Å². The lowest BCUT2D eigenvalue weighted by atomic mass is 10.1. The van der Waals surface area contributed by atoms with E-state index in [1.807, 2.05) is 24.3 Å². The summed E-state index contributed by atoms with van der Waals surface area (Å²) in [6.07, 6.45) is 1.55. The van der Waals surface area contributed by atoms with Crippen molar-refractivity contribution in [1.82, 2.24) is 4.90 Å². The van der Waals surface area contributed by atoms with E-state index in [2.05, 4.69) is 22.6 Å². The number of imide groups is 1. The van der Waals surface area contributed by atoms with Crippen molar-refractivity contribution in [2.75, 3.05) is 6.61 Å². The van der Waals surface area contributed by atoms with E-state index in [4.69, 9.17) is 9.84 Å². The summed E-state index contributed by atoms with van der Waals surface area (Å²) in [4.78, 5) is 37.1. The van der Waals surface area contributed by atoms with E-state index in [1.165, 1.54) is 4.90 Å². The predicted molar refractivity (Wildman–Crippen MR) is 110 cm³/mol. The van der Waals surface area contributed by atoms with Crippen LogP contribution in [0.25, 0.3) is 6.08 Å². The number of carbonyl (C=O) groups is 3. The molecule has 0 bridgehead atoms.